The second-order valence-corrected chi connectivity index (χ2v) is 8.86. The number of carbonyl (C=O) groups is 2. The molecule has 5 aromatic rings. The lowest BCUT2D eigenvalue weighted by molar-refractivity contribution is 0.0964. The van der Waals surface area contributed by atoms with Gasteiger partial charge in [-0.2, -0.15) is 0 Å². The van der Waals surface area contributed by atoms with Crippen molar-refractivity contribution in [2.45, 2.75) is 6.92 Å². The first-order valence-electron chi connectivity index (χ1n) is 11.3. The van der Waals surface area contributed by atoms with Gasteiger partial charge in [-0.25, -0.2) is 4.39 Å². The first-order valence-corrected chi connectivity index (χ1v) is 11.7. The number of hydrogen-bond donors (Lipinski definition) is 1. The van der Waals surface area contributed by atoms with Crippen LogP contribution in [0, 0.1) is 12.7 Å². The van der Waals surface area contributed by atoms with Gasteiger partial charge in [0.2, 0.25) is 0 Å². The molecule has 36 heavy (non-hydrogen) atoms. The van der Waals surface area contributed by atoms with E-state index in [1.807, 2.05) is 49.4 Å². The van der Waals surface area contributed by atoms with Crippen molar-refractivity contribution < 1.29 is 18.4 Å². The quantitative estimate of drug-likeness (QED) is 0.253. The third kappa shape index (κ3) is 4.08. The molecule has 0 bridgehead atoms. The van der Waals surface area contributed by atoms with Crippen molar-refractivity contribution in [2.24, 2.45) is 0 Å². The van der Waals surface area contributed by atoms with E-state index in [1.54, 1.807) is 31.3 Å². The number of aldehydes is 1. The summed E-state index contributed by atoms with van der Waals surface area (Å²) in [5, 5.41) is 3.85. The smallest absolute Gasteiger partial charge is 0.255 e. The lowest BCUT2D eigenvalue weighted by Crippen LogP contribution is -2.18. The number of furan rings is 1. The van der Waals surface area contributed by atoms with Crippen LogP contribution in [0.3, 0.4) is 0 Å². The first-order chi connectivity index (χ1) is 17.4. The Labute approximate surface area is 212 Å². The largest absolute Gasteiger partial charge is 0.455 e. The van der Waals surface area contributed by atoms with Crippen LogP contribution in [0.2, 0.25) is 5.02 Å². The summed E-state index contributed by atoms with van der Waals surface area (Å²) < 4.78 is 19.5. The fourth-order valence-corrected chi connectivity index (χ4v) is 4.70. The van der Waals surface area contributed by atoms with Crippen LogP contribution in [0.4, 0.5) is 4.39 Å². The molecule has 0 saturated heterocycles. The highest BCUT2D eigenvalue weighted by Crippen LogP contribution is 2.39. The summed E-state index contributed by atoms with van der Waals surface area (Å²) in [7, 11) is 1.55. The first kappa shape index (κ1) is 23.5. The minimum Gasteiger partial charge on any atom is -0.455 e. The number of carbonyl (C=O) groups excluding carboxylic acids is 2. The number of fused-ring (bicyclic) bond motifs is 1. The number of amides is 1. The maximum absolute atomic E-state index is 13.5. The minimum absolute atomic E-state index is 0.315. The van der Waals surface area contributed by atoms with Gasteiger partial charge in [0.15, 0.2) is 6.29 Å². The molecule has 0 spiro atoms. The molecule has 0 aliphatic heterocycles. The van der Waals surface area contributed by atoms with E-state index in [0.717, 1.165) is 34.1 Å². The topological polar surface area (TPSA) is 59.3 Å². The van der Waals surface area contributed by atoms with Crippen LogP contribution < -0.4 is 5.32 Å². The predicted molar refractivity (Wildman–Crippen MR) is 141 cm³/mol. The van der Waals surface area contributed by atoms with Crippen LogP contribution >= 0.6 is 11.6 Å². The Morgan fingerprint density at radius 2 is 1.64 bits per heavy atom. The zero-order valence-corrected chi connectivity index (χ0v) is 20.3. The summed E-state index contributed by atoms with van der Waals surface area (Å²) in [4.78, 5) is 24.9. The summed E-state index contributed by atoms with van der Waals surface area (Å²) in [6.45, 7) is 1.97. The van der Waals surface area contributed by atoms with Gasteiger partial charge in [-0.15, -0.1) is 0 Å². The molecule has 1 heterocycles. The highest BCUT2D eigenvalue weighted by atomic mass is 35.5. The van der Waals surface area contributed by atoms with E-state index in [-0.39, 0.29) is 11.7 Å². The molecule has 6 heteroatoms. The molecule has 0 fully saturated rings. The Kier molecular flexibility index (Phi) is 6.17. The molecule has 1 aromatic heterocycles. The highest BCUT2D eigenvalue weighted by Gasteiger charge is 2.22. The highest BCUT2D eigenvalue weighted by molar-refractivity contribution is 6.33. The molecule has 1 amide bonds. The van der Waals surface area contributed by atoms with Gasteiger partial charge in [-0.05, 0) is 77.7 Å². The predicted octanol–water partition coefficient (Wildman–Crippen LogP) is 7.71. The van der Waals surface area contributed by atoms with Gasteiger partial charge in [0.1, 0.15) is 17.2 Å². The SMILES string of the molecule is CNC(=O)c1c(-c2ccc(F)cc2)oc2ccc(-c3cc(C=O)c(-c4ccccc4Cl)cc3C)cc12. The third-order valence-electron chi connectivity index (χ3n) is 6.25. The number of hydrogen-bond acceptors (Lipinski definition) is 3. The summed E-state index contributed by atoms with van der Waals surface area (Å²) in [6, 6.07) is 22.6. The summed E-state index contributed by atoms with van der Waals surface area (Å²) in [6.07, 6.45) is 0.820. The maximum Gasteiger partial charge on any atom is 0.255 e. The maximum atomic E-state index is 13.5. The van der Waals surface area contributed by atoms with Crippen molar-refractivity contribution in [3.8, 4) is 33.6 Å². The van der Waals surface area contributed by atoms with Gasteiger partial charge < -0.3 is 9.73 Å². The van der Waals surface area contributed by atoms with Crippen LogP contribution in [-0.4, -0.2) is 19.2 Å². The van der Waals surface area contributed by atoms with Gasteiger partial charge in [0.05, 0.1) is 5.56 Å². The second-order valence-electron chi connectivity index (χ2n) is 8.46. The molecule has 0 atom stereocenters. The van der Waals surface area contributed by atoms with Crippen LogP contribution in [0.15, 0.2) is 83.3 Å². The average molecular weight is 498 g/mol. The van der Waals surface area contributed by atoms with E-state index in [1.165, 1.54) is 12.1 Å². The fourth-order valence-electron chi connectivity index (χ4n) is 4.47. The summed E-state index contributed by atoms with van der Waals surface area (Å²) in [5.74, 6) is -0.328. The second kappa shape index (κ2) is 9.44. The van der Waals surface area contributed by atoms with E-state index in [9.17, 15) is 14.0 Å². The van der Waals surface area contributed by atoms with Crippen LogP contribution in [0.5, 0.6) is 0 Å². The van der Waals surface area contributed by atoms with E-state index < -0.39 is 0 Å². The molecule has 178 valence electrons. The van der Waals surface area contributed by atoms with Gasteiger partial charge in [0, 0.05) is 34.1 Å². The van der Waals surface area contributed by atoms with Crippen molar-refractivity contribution in [2.75, 3.05) is 7.05 Å². The fraction of sp³-hybridized carbons (Fsp3) is 0.0667. The van der Waals surface area contributed by atoms with Gasteiger partial charge in [-0.3, -0.25) is 9.59 Å². The van der Waals surface area contributed by atoms with E-state index >= 15 is 0 Å². The van der Waals surface area contributed by atoms with Crippen molar-refractivity contribution in [3.63, 3.8) is 0 Å². The molecule has 4 nitrogen and oxygen atoms in total. The Hall–Kier alpha value is -4.22. The lowest BCUT2D eigenvalue weighted by atomic mass is 9.91. The van der Waals surface area contributed by atoms with Crippen molar-refractivity contribution in [3.05, 3.63) is 106 Å². The zero-order chi connectivity index (χ0) is 25.4. The average Bonchev–Trinajstić information content (AvgIpc) is 3.27. The third-order valence-corrected chi connectivity index (χ3v) is 6.58. The van der Waals surface area contributed by atoms with Crippen molar-refractivity contribution in [1.82, 2.24) is 5.32 Å². The van der Waals surface area contributed by atoms with E-state index in [2.05, 4.69) is 5.32 Å². The molecule has 4 aromatic carbocycles. The lowest BCUT2D eigenvalue weighted by Gasteiger charge is -2.13. The summed E-state index contributed by atoms with van der Waals surface area (Å²) >= 11 is 6.40. The minimum atomic E-state index is -0.375. The Bertz CT molecular complexity index is 1640. The van der Waals surface area contributed by atoms with E-state index in [4.69, 9.17) is 16.0 Å². The van der Waals surface area contributed by atoms with Crippen molar-refractivity contribution >= 4 is 34.8 Å². The molecule has 0 aliphatic rings. The Balaban J connectivity index is 1.69. The number of nitrogens with one attached hydrogen (secondary N) is 1. The number of rotatable bonds is 5. The molecule has 0 radical (unpaired) electrons. The standard InChI is InChI=1S/C30H21ClFNO3/c1-17-13-24(22-5-3-4-6-26(22)31)20(16-34)15-23(17)19-9-12-27-25(14-19)28(30(35)33-2)29(36-27)18-7-10-21(32)11-8-18/h3-16H,1-2H3,(H,33,35). The van der Waals surface area contributed by atoms with Gasteiger partial charge in [0.25, 0.3) is 5.91 Å². The normalized spacial score (nSPS) is 11.0. The zero-order valence-electron chi connectivity index (χ0n) is 19.6. The van der Waals surface area contributed by atoms with E-state index in [0.29, 0.717) is 38.4 Å². The van der Waals surface area contributed by atoms with Crippen LogP contribution in [0.25, 0.3) is 44.5 Å². The molecule has 0 aliphatic carbocycles. The van der Waals surface area contributed by atoms with Crippen LogP contribution in [-0.2, 0) is 0 Å². The molecular formula is C30H21ClFNO3. The number of aryl methyl sites for hydroxylation is 1. The molecule has 1 N–H and O–H groups in total. The van der Waals surface area contributed by atoms with Gasteiger partial charge in [-0.1, -0.05) is 41.9 Å². The Morgan fingerprint density at radius 3 is 2.33 bits per heavy atom. The summed E-state index contributed by atoms with van der Waals surface area (Å²) in [5.41, 5.74) is 6.15. The number of halogens is 2. The van der Waals surface area contributed by atoms with Crippen molar-refractivity contribution in [1.29, 1.82) is 0 Å². The van der Waals surface area contributed by atoms with Gasteiger partial charge >= 0.3 is 0 Å². The Morgan fingerprint density at radius 1 is 0.917 bits per heavy atom. The molecule has 0 saturated carbocycles. The number of benzene rings is 4. The molecular weight excluding hydrogens is 477 g/mol. The van der Waals surface area contributed by atoms with Crippen LogP contribution in [0.1, 0.15) is 26.3 Å². The monoisotopic (exact) mass is 497 g/mol. The molecule has 5 rings (SSSR count). The molecule has 0 unspecified atom stereocenters.